The lowest BCUT2D eigenvalue weighted by atomic mass is 9.86. The Labute approximate surface area is 148 Å². The number of piperazine rings is 1. The molecule has 6 nitrogen and oxygen atoms in total. The van der Waals surface area contributed by atoms with Crippen molar-refractivity contribution in [2.75, 3.05) is 58.4 Å². The monoisotopic (exact) mass is 350 g/mol. The van der Waals surface area contributed by atoms with Crippen molar-refractivity contribution in [3.63, 3.8) is 0 Å². The standard InChI is InChI=1S/C18H27FN4O2/c1-21-10-11-23(17-15(19)4-3-8-20-17)14-18(21)6-5-16(24)22(9-7-18)12-13-25-2/h3-4,8H,5-7,9-14H2,1-2H3/t18-/m0/s1. The number of anilines is 1. The van der Waals surface area contributed by atoms with Gasteiger partial charge in [0.25, 0.3) is 0 Å². The minimum Gasteiger partial charge on any atom is -0.383 e. The largest absolute Gasteiger partial charge is 0.383 e. The van der Waals surface area contributed by atoms with Crippen molar-refractivity contribution in [1.82, 2.24) is 14.8 Å². The summed E-state index contributed by atoms with van der Waals surface area (Å²) in [5, 5.41) is 0. The first-order chi connectivity index (χ1) is 12.1. The average Bonchev–Trinajstić information content (AvgIpc) is 2.77. The van der Waals surface area contributed by atoms with Crippen LogP contribution in [0.25, 0.3) is 0 Å². The van der Waals surface area contributed by atoms with E-state index in [1.165, 1.54) is 6.07 Å². The molecule has 0 radical (unpaired) electrons. The Morgan fingerprint density at radius 3 is 2.92 bits per heavy atom. The van der Waals surface area contributed by atoms with Crippen LogP contribution in [-0.4, -0.2) is 79.7 Å². The van der Waals surface area contributed by atoms with Crippen molar-refractivity contribution in [3.8, 4) is 0 Å². The molecule has 2 aliphatic heterocycles. The van der Waals surface area contributed by atoms with Crippen LogP contribution in [-0.2, 0) is 9.53 Å². The third kappa shape index (κ3) is 3.77. The number of methoxy groups -OCH3 is 1. The number of hydrogen-bond acceptors (Lipinski definition) is 5. The van der Waals surface area contributed by atoms with Crippen molar-refractivity contribution in [3.05, 3.63) is 24.1 Å². The lowest BCUT2D eigenvalue weighted by Crippen LogP contribution is -2.61. The van der Waals surface area contributed by atoms with Crippen LogP contribution in [0, 0.1) is 5.82 Å². The van der Waals surface area contributed by atoms with E-state index in [-0.39, 0.29) is 17.3 Å². The van der Waals surface area contributed by atoms with Gasteiger partial charge in [-0.15, -0.1) is 0 Å². The number of amides is 1. The number of rotatable bonds is 4. The van der Waals surface area contributed by atoms with E-state index in [4.69, 9.17) is 4.74 Å². The molecule has 1 aromatic rings. The van der Waals surface area contributed by atoms with Gasteiger partial charge in [-0.1, -0.05) is 0 Å². The molecule has 2 aliphatic rings. The SMILES string of the molecule is COCCN1CC[C@@]2(CCC1=O)CN(c1ncccc1F)CCN2C. The molecule has 1 amide bonds. The van der Waals surface area contributed by atoms with E-state index in [0.717, 1.165) is 25.9 Å². The second-order valence-corrected chi connectivity index (χ2v) is 7.00. The molecule has 0 aromatic carbocycles. The molecule has 0 aliphatic carbocycles. The summed E-state index contributed by atoms with van der Waals surface area (Å²) < 4.78 is 19.3. The van der Waals surface area contributed by atoms with Gasteiger partial charge in [-0.3, -0.25) is 9.69 Å². The molecule has 0 unspecified atom stereocenters. The summed E-state index contributed by atoms with van der Waals surface area (Å²) in [5.41, 5.74) is -0.125. The highest BCUT2D eigenvalue weighted by molar-refractivity contribution is 5.76. The number of pyridine rings is 1. The quantitative estimate of drug-likeness (QED) is 0.821. The maximum atomic E-state index is 14.2. The predicted molar refractivity (Wildman–Crippen MR) is 94.1 cm³/mol. The fourth-order valence-corrected chi connectivity index (χ4v) is 3.92. The van der Waals surface area contributed by atoms with Gasteiger partial charge in [0.05, 0.1) is 6.61 Å². The zero-order valence-corrected chi connectivity index (χ0v) is 15.1. The fourth-order valence-electron chi connectivity index (χ4n) is 3.92. The number of likely N-dealkylation sites (N-methyl/N-ethyl adjacent to an activating group) is 1. The predicted octanol–water partition coefficient (Wildman–Crippen LogP) is 1.37. The van der Waals surface area contributed by atoms with Crippen molar-refractivity contribution in [1.29, 1.82) is 0 Å². The highest BCUT2D eigenvalue weighted by Crippen LogP contribution is 2.34. The number of likely N-dealkylation sites (tertiary alicyclic amines) is 1. The van der Waals surface area contributed by atoms with Gasteiger partial charge >= 0.3 is 0 Å². The molecule has 1 spiro atoms. The van der Waals surface area contributed by atoms with Crippen LogP contribution in [0.4, 0.5) is 10.2 Å². The minimum absolute atomic E-state index is 0.125. The van der Waals surface area contributed by atoms with Crippen LogP contribution in [0.2, 0.25) is 0 Å². The van der Waals surface area contributed by atoms with Crippen LogP contribution < -0.4 is 4.90 Å². The van der Waals surface area contributed by atoms with Gasteiger partial charge in [0.15, 0.2) is 11.6 Å². The molecule has 0 N–H and O–H groups in total. The van der Waals surface area contributed by atoms with Gasteiger partial charge in [0, 0.05) is 58.0 Å². The summed E-state index contributed by atoms with van der Waals surface area (Å²) in [4.78, 5) is 22.9. The first-order valence-corrected chi connectivity index (χ1v) is 8.89. The van der Waals surface area contributed by atoms with Gasteiger partial charge in [-0.2, -0.15) is 0 Å². The minimum atomic E-state index is -0.284. The molecule has 7 heteroatoms. The zero-order valence-electron chi connectivity index (χ0n) is 15.1. The second kappa shape index (κ2) is 7.66. The number of carbonyl (C=O) groups excluding carboxylic acids is 1. The molecule has 3 heterocycles. The first kappa shape index (κ1) is 18.1. The molecule has 1 aromatic heterocycles. The Morgan fingerprint density at radius 1 is 1.32 bits per heavy atom. The van der Waals surface area contributed by atoms with Crippen molar-refractivity contribution >= 4 is 11.7 Å². The van der Waals surface area contributed by atoms with Crippen LogP contribution >= 0.6 is 0 Å². The number of nitrogens with zero attached hydrogens (tertiary/aromatic N) is 4. The van der Waals surface area contributed by atoms with Gasteiger partial charge in [0.2, 0.25) is 5.91 Å². The van der Waals surface area contributed by atoms with Crippen molar-refractivity contribution < 1.29 is 13.9 Å². The molecular formula is C18H27FN4O2. The Morgan fingerprint density at radius 2 is 2.16 bits per heavy atom. The second-order valence-electron chi connectivity index (χ2n) is 7.00. The van der Waals surface area contributed by atoms with E-state index in [1.807, 2.05) is 9.80 Å². The third-order valence-corrected chi connectivity index (χ3v) is 5.61. The molecular weight excluding hydrogens is 323 g/mol. The van der Waals surface area contributed by atoms with E-state index < -0.39 is 0 Å². The molecule has 3 rings (SSSR count). The van der Waals surface area contributed by atoms with Crippen LogP contribution in [0.1, 0.15) is 19.3 Å². The molecule has 25 heavy (non-hydrogen) atoms. The lowest BCUT2D eigenvalue weighted by molar-refractivity contribution is -0.131. The Hall–Kier alpha value is -1.73. The smallest absolute Gasteiger partial charge is 0.222 e. The summed E-state index contributed by atoms with van der Waals surface area (Å²) in [5.74, 6) is 0.318. The number of ether oxygens (including phenoxy) is 1. The summed E-state index contributed by atoms with van der Waals surface area (Å²) in [7, 11) is 3.76. The first-order valence-electron chi connectivity index (χ1n) is 8.89. The van der Waals surface area contributed by atoms with Crippen molar-refractivity contribution in [2.45, 2.75) is 24.8 Å². The Balaban J connectivity index is 1.77. The normalized spacial score (nSPS) is 25.5. The van der Waals surface area contributed by atoms with Crippen LogP contribution in [0.5, 0.6) is 0 Å². The van der Waals surface area contributed by atoms with Crippen LogP contribution in [0.3, 0.4) is 0 Å². The van der Waals surface area contributed by atoms with Crippen LogP contribution in [0.15, 0.2) is 18.3 Å². The number of aromatic nitrogens is 1. The summed E-state index contributed by atoms with van der Waals surface area (Å²) in [6.07, 6.45) is 3.82. The van der Waals surface area contributed by atoms with Gasteiger partial charge in [-0.05, 0) is 32.0 Å². The van der Waals surface area contributed by atoms with Crippen molar-refractivity contribution in [2.24, 2.45) is 0 Å². The van der Waals surface area contributed by atoms with E-state index in [0.29, 0.717) is 38.5 Å². The fraction of sp³-hybridized carbons (Fsp3) is 0.667. The maximum Gasteiger partial charge on any atom is 0.222 e. The summed E-state index contributed by atoms with van der Waals surface area (Å²) >= 11 is 0. The lowest BCUT2D eigenvalue weighted by Gasteiger charge is -2.49. The van der Waals surface area contributed by atoms with Gasteiger partial charge in [-0.25, -0.2) is 9.37 Å². The Bertz CT molecular complexity index is 614. The highest BCUT2D eigenvalue weighted by atomic mass is 19.1. The summed E-state index contributed by atoms with van der Waals surface area (Å²) in [6.45, 7) is 4.18. The van der Waals surface area contributed by atoms with E-state index in [1.54, 1.807) is 19.4 Å². The van der Waals surface area contributed by atoms with E-state index in [9.17, 15) is 9.18 Å². The highest BCUT2D eigenvalue weighted by Gasteiger charge is 2.42. The number of hydrogen-bond donors (Lipinski definition) is 0. The molecule has 0 saturated carbocycles. The van der Waals surface area contributed by atoms with Gasteiger partial charge in [0.1, 0.15) is 0 Å². The summed E-state index contributed by atoms with van der Waals surface area (Å²) in [6, 6.07) is 3.07. The molecule has 2 saturated heterocycles. The molecule has 2 fully saturated rings. The molecule has 0 bridgehead atoms. The molecule has 1 atom stereocenters. The number of carbonyl (C=O) groups is 1. The maximum absolute atomic E-state index is 14.2. The Kier molecular flexibility index (Phi) is 5.54. The zero-order chi connectivity index (χ0) is 17.9. The third-order valence-electron chi connectivity index (χ3n) is 5.61. The van der Waals surface area contributed by atoms with E-state index in [2.05, 4.69) is 16.9 Å². The number of halogens is 1. The average molecular weight is 350 g/mol. The van der Waals surface area contributed by atoms with Gasteiger partial charge < -0.3 is 14.5 Å². The molecule has 138 valence electrons. The van der Waals surface area contributed by atoms with E-state index >= 15 is 0 Å². The topological polar surface area (TPSA) is 48.9 Å².